The van der Waals surface area contributed by atoms with Crippen LogP contribution in [0.4, 0.5) is 11.4 Å². The van der Waals surface area contributed by atoms with E-state index in [1.807, 2.05) is 18.9 Å². The number of aldehydes is 1. The summed E-state index contributed by atoms with van der Waals surface area (Å²) in [4.78, 5) is 16.9. The van der Waals surface area contributed by atoms with Gasteiger partial charge in [0.25, 0.3) is 0 Å². The van der Waals surface area contributed by atoms with Crippen LogP contribution < -0.4 is 9.64 Å². The molecule has 260 valence electrons. The van der Waals surface area contributed by atoms with Crippen LogP contribution in [-0.2, 0) is 16.6 Å². The molecule has 5 aliphatic carbocycles. The van der Waals surface area contributed by atoms with Gasteiger partial charge in [0.2, 0.25) is 0 Å². The maximum Gasteiger partial charge on any atom is 0.143 e. The molecular weight excluding hydrogens is 631 g/mol. The Labute approximate surface area is 304 Å². The molecule has 3 aromatic carbocycles. The van der Waals surface area contributed by atoms with Gasteiger partial charge in [0.1, 0.15) is 12.0 Å². The van der Waals surface area contributed by atoms with E-state index in [1.165, 1.54) is 93.1 Å². The highest BCUT2D eigenvalue weighted by Gasteiger charge is 2.52. The Balaban J connectivity index is 1.11. The van der Waals surface area contributed by atoms with E-state index in [2.05, 4.69) is 99.3 Å². The monoisotopic (exact) mass is 683 g/mol. The molecule has 0 saturated heterocycles. The highest BCUT2D eigenvalue weighted by molar-refractivity contribution is 8.03. The number of hydrogen-bond donors (Lipinski definition) is 0. The Morgan fingerprint density at radius 2 is 1.60 bits per heavy atom. The quantitative estimate of drug-likeness (QED) is 0.175. The summed E-state index contributed by atoms with van der Waals surface area (Å²) < 4.78 is 6.07. The molecule has 50 heavy (non-hydrogen) atoms. The largest absolute Gasteiger partial charge is 0.496 e. The van der Waals surface area contributed by atoms with Gasteiger partial charge in [-0.15, -0.1) is 0 Å². The third-order valence-electron chi connectivity index (χ3n) is 12.6. The second kappa shape index (κ2) is 13.2. The van der Waals surface area contributed by atoms with E-state index in [1.54, 1.807) is 6.08 Å². The van der Waals surface area contributed by atoms with E-state index in [0.29, 0.717) is 5.41 Å². The van der Waals surface area contributed by atoms with E-state index in [-0.39, 0.29) is 5.41 Å². The van der Waals surface area contributed by atoms with Crippen molar-refractivity contribution in [2.75, 3.05) is 18.6 Å². The number of methoxy groups -OCH3 is 1. The summed E-state index contributed by atoms with van der Waals surface area (Å²) >= 11 is 1.84. The fraction of sp³-hybridized carbons (Fsp3) is 0.457. The second-order valence-corrected chi connectivity index (χ2v) is 18.1. The van der Waals surface area contributed by atoms with E-state index < -0.39 is 0 Å². The minimum Gasteiger partial charge on any atom is -0.496 e. The Morgan fingerprint density at radius 3 is 2.28 bits per heavy atom. The molecule has 4 bridgehead atoms. The van der Waals surface area contributed by atoms with Crippen molar-refractivity contribution in [3.05, 3.63) is 111 Å². The lowest BCUT2D eigenvalue weighted by molar-refractivity contribution is -0.104. The molecule has 6 aliphatic rings. The molecule has 0 unspecified atom stereocenters. The van der Waals surface area contributed by atoms with E-state index in [4.69, 9.17) is 4.74 Å². The van der Waals surface area contributed by atoms with Crippen molar-refractivity contribution in [3.8, 4) is 5.75 Å². The Morgan fingerprint density at radius 1 is 0.880 bits per heavy atom. The van der Waals surface area contributed by atoms with Crippen LogP contribution in [0.25, 0.3) is 6.08 Å². The van der Waals surface area contributed by atoms with E-state index in [9.17, 15) is 4.79 Å². The summed E-state index contributed by atoms with van der Waals surface area (Å²) in [5, 5.41) is 0. The molecule has 1 aliphatic heterocycles. The molecule has 0 radical (unpaired) electrons. The number of aryl methyl sites for hydroxylation is 3. The number of allylic oxidation sites excluding steroid dienone is 4. The highest BCUT2D eigenvalue weighted by atomic mass is 32.2. The van der Waals surface area contributed by atoms with Gasteiger partial charge in [-0.25, -0.2) is 0 Å². The molecular formula is C46H53NO2S. The lowest BCUT2D eigenvalue weighted by Crippen LogP contribution is -2.48. The SMILES string of the molecule is COc1ccc(N2CCCc3cc(/C=C/C4=C(Sc5c(C)cccc5C)C(=C/C=O)/CC(C)(C)C4)ccc32)cc1C12CC3CC(CC(C3)C1)C2. The zero-order valence-electron chi connectivity index (χ0n) is 30.7. The third kappa shape index (κ3) is 6.31. The first-order valence-corrected chi connectivity index (χ1v) is 19.8. The fourth-order valence-corrected chi connectivity index (χ4v) is 12.1. The average Bonchev–Trinajstić information content (AvgIpc) is 3.08. The zero-order valence-corrected chi connectivity index (χ0v) is 31.5. The number of nitrogens with zero attached hydrogens (tertiary/aromatic N) is 1. The lowest BCUT2D eigenvalue weighted by Gasteiger charge is -2.57. The van der Waals surface area contributed by atoms with Crippen LogP contribution in [-0.4, -0.2) is 19.9 Å². The van der Waals surface area contributed by atoms with Crippen molar-refractivity contribution in [1.82, 2.24) is 0 Å². The molecule has 0 spiro atoms. The maximum absolute atomic E-state index is 11.8. The van der Waals surface area contributed by atoms with E-state index in [0.717, 1.165) is 67.6 Å². The van der Waals surface area contributed by atoms with Crippen molar-refractivity contribution >= 4 is 35.5 Å². The smallest absolute Gasteiger partial charge is 0.143 e. The molecule has 0 amide bonds. The first kappa shape index (κ1) is 33.6. The van der Waals surface area contributed by atoms with Gasteiger partial charge in [0.05, 0.1) is 7.11 Å². The second-order valence-electron chi connectivity index (χ2n) is 17.1. The molecule has 4 fully saturated rings. The number of thioether (sulfide) groups is 1. The summed E-state index contributed by atoms with van der Waals surface area (Å²) in [6.07, 6.45) is 19.9. The molecule has 9 rings (SSSR count). The summed E-state index contributed by atoms with van der Waals surface area (Å²) in [5.74, 6) is 3.80. The number of carbonyl (C=O) groups excluding carboxylic acids is 1. The molecule has 4 saturated carbocycles. The molecule has 0 atom stereocenters. The van der Waals surface area contributed by atoms with Crippen molar-refractivity contribution in [1.29, 1.82) is 0 Å². The minimum atomic E-state index is 0.0864. The first-order valence-electron chi connectivity index (χ1n) is 19.0. The van der Waals surface area contributed by atoms with Crippen LogP contribution in [0.3, 0.4) is 0 Å². The van der Waals surface area contributed by atoms with Gasteiger partial charge in [-0.05, 0) is 176 Å². The highest BCUT2D eigenvalue weighted by Crippen LogP contribution is 2.62. The van der Waals surface area contributed by atoms with Crippen molar-refractivity contribution in [3.63, 3.8) is 0 Å². The van der Waals surface area contributed by atoms with Crippen LogP contribution in [0.1, 0.15) is 99.5 Å². The van der Waals surface area contributed by atoms with Gasteiger partial charge in [-0.2, -0.15) is 0 Å². The predicted octanol–water partition coefficient (Wildman–Crippen LogP) is 11.9. The van der Waals surface area contributed by atoms with E-state index >= 15 is 0 Å². The van der Waals surface area contributed by atoms with Crippen LogP contribution in [0.2, 0.25) is 0 Å². The zero-order chi connectivity index (χ0) is 34.6. The summed E-state index contributed by atoms with van der Waals surface area (Å²) in [6.45, 7) is 10.1. The Kier molecular flexibility index (Phi) is 8.90. The molecule has 0 aromatic heterocycles. The van der Waals surface area contributed by atoms with Crippen molar-refractivity contribution in [2.24, 2.45) is 23.2 Å². The van der Waals surface area contributed by atoms with Gasteiger partial charge >= 0.3 is 0 Å². The standard InChI is InChI=1S/C46H53NO2S/c1-30-8-6-9-31(2)43(30)50-44-37(28-45(3,4)29-38(44)17-19-48)13-11-32-12-15-41-36(23-32)10-7-18-47(41)39-14-16-42(49-5)40(24-39)46-25-33-20-34(26-46)22-35(21-33)27-46/h6,8-9,11-17,19,23-24,33-35H,7,10,18,20-22,25-29H2,1-5H3/b13-11+,38-17+. The lowest BCUT2D eigenvalue weighted by atomic mass is 9.48. The maximum atomic E-state index is 11.8. The third-order valence-corrected chi connectivity index (χ3v) is 14.2. The van der Waals surface area contributed by atoms with Gasteiger partial charge in [0, 0.05) is 33.3 Å². The van der Waals surface area contributed by atoms with Gasteiger partial charge in [-0.3, -0.25) is 4.79 Å². The number of rotatable bonds is 8. The Bertz CT molecular complexity index is 1860. The fourth-order valence-electron chi connectivity index (χ4n) is 10.9. The number of fused-ring (bicyclic) bond motifs is 1. The number of hydrogen-bond acceptors (Lipinski definition) is 4. The molecule has 3 aromatic rings. The summed E-state index contributed by atoms with van der Waals surface area (Å²) in [6, 6.07) is 20.6. The number of benzene rings is 3. The van der Waals surface area contributed by atoms with Crippen LogP contribution in [0.15, 0.2) is 87.7 Å². The number of carbonyl (C=O) groups is 1. The minimum absolute atomic E-state index is 0.0864. The van der Waals surface area contributed by atoms with Crippen LogP contribution >= 0.6 is 11.8 Å². The predicted molar refractivity (Wildman–Crippen MR) is 210 cm³/mol. The normalized spacial score (nSPS) is 27.7. The summed E-state index contributed by atoms with van der Waals surface area (Å²) in [7, 11) is 1.86. The number of anilines is 2. The molecule has 0 N–H and O–H groups in total. The van der Waals surface area contributed by atoms with Crippen LogP contribution in [0.5, 0.6) is 5.75 Å². The van der Waals surface area contributed by atoms with Gasteiger partial charge < -0.3 is 9.64 Å². The van der Waals surface area contributed by atoms with Gasteiger partial charge in [-0.1, -0.05) is 62.0 Å². The number of ether oxygens (including phenoxy) is 1. The topological polar surface area (TPSA) is 29.5 Å². The summed E-state index contributed by atoms with van der Waals surface area (Å²) in [5.41, 5.74) is 12.2. The van der Waals surface area contributed by atoms with Crippen LogP contribution in [0, 0.1) is 37.0 Å². The molecule has 3 nitrogen and oxygen atoms in total. The Hall–Kier alpha value is -3.50. The average molecular weight is 684 g/mol. The van der Waals surface area contributed by atoms with Crippen molar-refractivity contribution in [2.45, 2.75) is 102 Å². The molecule has 1 heterocycles. The first-order chi connectivity index (χ1) is 24.1. The van der Waals surface area contributed by atoms with Gasteiger partial charge in [0.15, 0.2) is 0 Å². The molecule has 4 heteroatoms. The van der Waals surface area contributed by atoms with Crippen molar-refractivity contribution < 1.29 is 9.53 Å².